The van der Waals surface area contributed by atoms with Crippen LogP contribution in [0.25, 0.3) is 66.0 Å². The van der Waals surface area contributed by atoms with Crippen molar-refractivity contribution in [3.05, 3.63) is 200 Å². The maximum Gasteiger partial charge on any atom is 0.227 e. The highest BCUT2D eigenvalue weighted by molar-refractivity contribution is 6.95. The highest BCUT2D eigenvalue weighted by Gasteiger charge is 2.22. The number of rotatable bonds is 7. The summed E-state index contributed by atoms with van der Waals surface area (Å²) in [6.07, 6.45) is 0. The Morgan fingerprint density at radius 1 is 0.411 bits per heavy atom. The summed E-state index contributed by atoms with van der Waals surface area (Å²) >= 11 is 0. The van der Waals surface area contributed by atoms with Crippen molar-refractivity contribution >= 4 is 96.0 Å². The summed E-state index contributed by atoms with van der Waals surface area (Å²) in [4.78, 5) is 7.26. The van der Waals surface area contributed by atoms with Gasteiger partial charge in [-0.05, 0) is 76.8 Å². The Balaban J connectivity index is 1.10. The Hall–Kier alpha value is -7.21. The number of para-hydroxylation sites is 1. The second-order valence-electron chi connectivity index (χ2n) is 14.1. The minimum Gasteiger partial charge on any atom is -0.456 e. The molecule has 56 heavy (non-hydrogen) atoms. The maximum absolute atomic E-state index is 6.60. The van der Waals surface area contributed by atoms with Crippen molar-refractivity contribution in [3.8, 4) is 11.5 Å². The Bertz CT molecular complexity index is 3150. The minimum atomic E-state index is -1.23. The van der Waals surface area contributed by atoms with Crippen molar-refractivity contribution in [3.63, 3.8) is 0 Å². The van der Waals surface area contributed by atoms with Crippen LogP contribution in [0.5, 0.6) is 0 Å². The van der Waals surface area contributed by atoms with Gasteiger partial charge >= 0.3 is 0 Å². The van der Waals surface area contributed by atoms with E-state index < -0.39 is 8.80 Å². The maximum atomic E-state index is 6.60. The number of hydrogen-bond donors (Lipinski definition) is 0. The molecule has 0 saturated heterocycles. The average molecular weight is 734 g/mol. The molecule has 4 nitrogen and oxygen atoms in total. The third-order valence-electron chi connectivity index (χ3n) is 10.8. The molecule has 0 fully saturated rings. The monoisotopic (exact) mass is 733 g/mol. The van der Waals surface area contributed by atoms with Gasteiger partial charge in [-0.1, -0.05) is 149 Å². The zero-order valence-electron chi connectivity index (χ0n) is 30.3. The topological polar surface area (TPSA) is 42.4 Å². The number of nitrogens with zero attached hydrogens (tertiary/aromatic N) is 2. The fourth-order valence-electron chi connectivity index (χ4n) is 8.14. The van der Waals surface area contributed by atoms with Crippen LogP contribution < -0.4 is 20.5 Å². The van der Waals surface area contributed by atoms with E-state index in [0.717, 1.165) is 77.2 Å². The lowest BCUT2D eigenvalue weighted by atomic mass is 10.00. The summed E-state index contributed by atoms with van der Waals surface area (Å²) in [5, 5.41) is 10.7. The first-order chi connectivity index (χ1) is 27.7. The molecule has 0 aliphatic rings. The van der Waals surface area contributed by atoms with E-state index >= 15 is 0 Å². The smallest absolute Gasteiger partial charge is 0.227 e. The first-order valence-electron chi connectivity index (χ1n) is 18.9. The molecule has 2 heterocycles. The van der Waals surface area contributed by atoms with Crippen molar-refractivity contribution < 1.29 is 8.83 Å². The normalized spacial score (nSPS) is 11.7. The largest absolute Gasteiger partial charge is 0.456 e. The molecule has 0 unspecified atom stereocenters. The number of furan rings is 1. The van der Waals surface area contributed by atoms with E-state index in [4.69, 9.17) is 13.8 Å². The third-order valence-corrected chi connectivity index (χ3v) is 13.5. The molecular weight excluding hydrogens is 701 g/mol. The lowest BCUT2D eigenvalue weighted by molar-refractivity contribution is 0.623. The molecule has 263 valence electrons. The van der Waals surface area contributed by atoms with E-state index in [1.165, 1.54) is 15.6 Å². The molecule has 11 rings (SSSR count). The third kappa shape index (κ3) is 5.48. The van der Waals surface area contributed by atoms with Crippen molar-refractivity contribution in [1.29, 1.82) is 0 Å². The first kappa shape index (κ1) is 32.2. The quantitative estimate of drug-likeness (QED) is 0.0929. The van der Waals surface area contributed by atoms with Gasteiger partial charge in [0, 0.05) is 44.9 Å². The van der Waals surface area contributed by atoms with Crippen LogP contribution in [0, 0.1) is 0 Å². The Kier molecular flexibility index (Phi) is 7.64. The van der Waals surface area contributed by atoms with E-state index in [-0.39, 0.29) is 0 Å². The Labute approximate surface area is 325 Å². The number of anilines is 3. The van der Waals surface area contributed by atoms with Crippen LogP contribution in [0.2, 0.25) is 0 Å². The first-order valence-corrected chi connectivity index (χ1v) is 20.4. The molecular formula is C51H33N2O2Si. The number of fused-ring (bicyclic) bond motifs is 8. The van der Waals surface area contributed by atoms with E-state index in [9.17, 15) is 0 Å². The predicted molar refractivity (Wildman–Crippen MR) is 234 cm³/mol. The van der Waals surface area contributed by atoms with Gasteiger partial charge in [0.2, 0.25) is 5.89 Å². The van der Waals surface area contributed by atoms with Gasteiger partial charge in [-0.25, -0.2) is 4.98 Å². The van der Waals surface area contributed by atoms with Gasteiger partial charge < -0.3 is 13.7 Å². The van der Waals surface area contributed by atoms with Crippen LogP contribution in [-0.2, 0) is 0 Å². The number of hydrogen-bond acceptors (Lipinski definition) is 4. The van der Waals surface area contributed by atoms with Crippen molar-refractivity contribution in [1.82, 2.24) is 4.98 Å². The summed E-state index contributed by atoms with van der Waals surface area (Å²) < 4.78 is 13.0. The van der Waals surface area contributed by atoms with E-state index in [1.54, 1.807) is 0 Å². The van der Waals surface area contributed by atoms with Crippen molar-refractivity contribution in [2.24, 2.45) is 0 Å². The Morgan fingerprint density at radius 3 is 1.75 bits per heavy atom. The molecule has 11 aromatic rings. The van der Waals surface area contributed by atoms with Crippen molar-refractivity contribution in [2.45, 2.75) is 0 Å². The highest BCUT2D eigenvalue weighted by atomic mass is 28.3. The molecule has 1 radical (unpaired) electrons. The second-order valence-corrected chi connectivity index (χ2v) is 16.6. The molecule has 0 bridgehead atoms. The summed E-state index contributed by atoms with van der Waals surface area (Å²) in [6, 6.07) is 71.2. The molecule has 0 aliphatic heterocycles. The zero-order valence-corrected chi connectivity index (χ0v) is 31.3. The molecule has 0 spiro atoms. The van der Waals surface area contributed by atoms with E-state index in [2.05, 4.69) is 163 Å². The van der Waals surface area contributed by atoms with Crippen LogP contribution in [0.15, 0.2) is 209 Å². The molecule has 0 saturated carbocycles. The second kappa shape index (κ2) is 13.3. The zero-order chi connectivity index (χ0) is 37.0. The van der Waals surface area contributed by atoms with Crippen LogP contribution >= 0.6 is 0 Å². The van der Waals surface area contributed by atoms with Gasteiger partial charge in [-0.2, -0.15) is 0 Å². The fourth-order valence-corrected chi connectivity index (χ4v) is 10.7. The van der Waals surface area contributed by atoms with Crippen LogP contribution in [0.4, 0.5) is 17.1 Å². The van der Waals surface area contributed by atoms with E-state index in [0.29, 0.717) is 5.89 Å². The number of aromatic nitrogens is 1. The fraction of sp³-hybridized carbons (Fsp3) is 0. The van der Waals surface area contributed by atoms with Gasteiger partial charge in [0.25, 0.3) is 0 Å². The number of benzene rings is 9. The minimum absolute atomic E-state index is 0.619. The van der Waals surface area contributed by atoms with Crippen LogP contribution in [0.1, 0.15) is 0 Å². The van der Waals surface area contributed by atoms with Crippen LogP contribution in [0.3, 0.4) is 0 Å². The van der Waals surface area contributed by atoms with Gasteiger partial charge in [0.1, 0.15) is 16.7 Å². The average Bonchev–Trinajstić information content (AvgIpc) is 3.87. The van der Waals surface area contributed by atoms with E-state index in [1.807, 2.05) is 42.5 Å². The molecule has 9 aromatic carbocycles. The van der Waals surface area contributed by atoms with Crippen LogP contribution in [-0.4, -0.2) is 13.8 Å². The molecule has 0 amide bonds. The number of oxazole rings is 1. The lowest BCUT2D eigenvalue weighted by Crippen LogP contribution is -2.51. The molecule has 0 aliphatic carbocycles. The van der Waals surface area contributed by atoms with Crippen molar-refractivity contribution in [2.75, 3.05) is 4.90 Å². The molecule has 0 atom stereocenters. The SMILES string of the molecule is c1ccc(-c2nc3ccc4ccc5ccc(N(c6ccc([Si](c7ccccc7)c7ccccc7)cc6)c6ccc7c(c6)oc6ccccc67)cc5c4c3o2)cc1. The van der Waals surface area contributed by atoms with Gasteiger partial charge in [-0.15, -0.1) is 0 Å². The molecule has 5 heteroatoms. The standard InChI is InChI=1S/C51H33N2O2Si/c1-4-12-36(13-5-1)51-52-46-31-23-35-21-20-34-22-24-38(32-45(34)49(35)50(46)55-51)53(39-27-30-44-43-18-10-11-19-47(43)54-48(44)33-39)37-25-28-42(29-26-37)56(40-14-6-2-7-15-40)41-16-8-3-9-17-41/h1-33H. The highest BCUT2D eigenvalue weighted by Crippen LogP contribution is 2.41. The summed E-state index contributed by atoms with van der Waals surface area (Å²) in [6.45, 7) is 0. The molecule has 2 aromatic heterocycles. The summed E-state index contributed by atoms with van der Waals surface area (Å²) in [5.74, 6) is 0.619. The van der Waals surface area contributed by atoms with Gasteiger partial charge in [-0.3, -0.25) is 0 Å². The summed E-state index contributed by atoms with van der Waals surface area (Å²) in [5.41, 5.74) is 7.43. The predicted octanol–water partition coefficient (Wildman–Crippen LogP) is 11.7. The van der Waals surface area contributed by atoms with Gasteiger partial charge in [0.15, 0.2) is 14.4 Å². The summed E-state index contributed by atoms with van der Waals surface area (Å²) in [7, 11) is -1.23. The van der Waals surface area contributed by atoms with Gasteiger partial charge in [0.05, 0.1) is 0 Å². The Morgan fingerprint density at radius 2 is 0.982 bits per heavy atom. The lowest BCUT2D eigenvalue weighted by Gasteiger charge is -2.27. The molecule has 0 N–H and O–H groups in total.